The van der Waals surface area contributed by atoms with Gasteiger partial charge in [-0.2, -0.15) is 0 Å². The molecule has 1 aromatic rings. The van der Waals surface area contributed by atoms with Crippen molar-refractivity contribution < 1.29 is 4.39 Å². The van der Waals surface area contributed by atoms with Crippen LogP contribution in [0.3, 0.4) is 0 Å². The van der Waals surface area contributed by atoms with Gasteiger partial charge in [0.05, 0.1) is 6.20 Å². The molecule has 0 aliphatic carbocycles. The van der Waals surface area contributed by atoms with E-state index in [1.807, 2.05) is 0 Å². The van der Waals surface area contributed by atoms with E-state index in [9.17, 15) is 4.39 Å². The number of hydrogen-bond donors (Lipinski definition) is 2. The summed E-state index contributed by atoms with van der Waals surface area (Å²) in [5.41, 5.74) is 2.07. The Balaban J connectivity index is 3.01. The fourth-order valence-corrected chi connectivity index (χ4v) is 0.419. The van der Waals surface area contributed by atoms with Crippen LogP contribution in [0.25, 0.3) is 0 Å². The Hall–Kier alpha value is -1.23. The molecule has 4 nitrogen and oxygen atoms in total. The standard InChI is InChI=1S/C4H5FN4/c5-3-1-7-2-8-4(3)9-6/h1-2H,6H2,(H,7,8,9). The molecule has 0 spiro atoms. The summed E-state index contributed by atoms with van der Waals surface area (Å²) in [4.78, 5) is 6.89. The molecule has 0 aliphatic rings. The minimum atomic E-state index is -0.556. The fourth-order valence-electron chi connectivity index (χ4n) is 0.419. The van der Waals surface area contributed by atoms with Crippen molar-refractivity contribution in [1.82, 2.24) is 9.97 Å². The van der Waals surface area contributed by atoms with Gasteiger partial charge in [0.25, 0.3) is 0 Å². The first-order chi connectivity index (χ1) is 4.34. The van der Waals surface area contributed by atoms with Gasteiger partial charge in [-0.05, 0) is 0 Å². The van der Waals surface area contributed by atoms with Crippen LogP contribution in [0, 0.1) is 5.82 Å². The van der Waals surface area contributed by atoms with Gasteiger partial charge in [-0.25, -0.2) is 20.2 Å². The number of nitrogens with one attached hydrogen (secondary N) is 1. The first-order valence-electron chi connectivity index (χ1n) is 2.26. The van der Waals surface area contributed by atoms with Crippen LogP contribution in [0.1, 0.15) is 0 Å². The zero-order valence-corrected chi connectivity index (χ0v) is 4.50. The van der Waals surface area contributed by atoms with Gasteiger partial charge in [-0.3, -0.25) is 0 Å². The largest absolute Gasteiger partial charge is 0.306 e. The van der Waals surface area contributed by atoms with Crippen LogP contribution in [0.4, 0.5) is 10.2 Å². The highest BCUT2D eigenvalue weighted by atomic mass is 19.1. The third-order valence-corrected chi connectivity index (χ3v) is 0.804. The summed E-state index contributed by atoms with van der Waals surface area (Å²) in [7, 11) is 0. The summed E-state index contributed by atoms with van der Waals surface area (Å²) in [6, 6.07) is 0. The van der Waals surface area contributed by atoms with Crippen molar-refractivity contribution >= 4 is 5.82 Å². The first kappa shape index (κ1) is 5.90. The Morgan fingerprint density at radius 1 is 1.67 bits per heavy atom. The second-order valence-corrected chi connectivity index (χ2v) is 1.36. The molecule has 0 radical (unpaired) electrons. The number of hydrazine groups is 1. The molecule has 0 saturated heterocycles. The van der Waals surface area contributed by atoms with E-state index in [0.29, 0.717) is 0 Å². The molecule has 0 unspecified atom stereocenters. The smallest absolute Gasteiger partial charge is 0.185 e. The number of aromatic nitrogens is 2. The number of hydrogen-bond acceptors (Lipinski definition) is 4. The van der Waals surface area contributed by atoms with Crippen molar-refractivity contribution in [3.05, 3.63) is 18.3 Å². The normalized spacial score (nSPS) is 9.11. The minimum Gasteiger partial charge on any atom is -0.306 e. The summed E-state index contributed by atoms with van der Waals surface area (Å²) < 4.78 is 12.3. The number of halogens is 1. The zero-order chi connectivity index (χ0) is 6.69. The number of nitrogens with zero attached hydrogens (tertiary/aromatic N) is 2. The van der Waals surface area contributed by atoms with Crippen LogP contribution < -0.4 is 11.3 Å². The maximum absolute atomic E-state index is 12.3. The predicted molar refractivity (Wildman–Crippen MR) is 29.8 cm³/mol. The molecule has 0 fully saturated rings. The monoisotopic (exact) mass is 128 g/mol. The van der Waals surface area contributed by atoms with Gasteiger partial charge in [-0.1, -0.05) is 0 Å². The number of nitrogen functional groups attached to an aromatic ring is 1. The van der Waals surface area contributed by atoms with E-state index in [-0.39, 0.29) is 5.82 Å². The third kappa shape index (κ3) is 1.11. The molecular formula is C4H5FN4. The maximum atomic E-state index is 12.3. The topological polar surface area (TPSA) is 63.8 Å². The SMILES string of the molecule is NNc1ncncc1F. The Labute approximate surface area is 50.9 Å². The van der Waals surface area contributed by atoms with Crippen molar-refractivity contribution in [2.45, 2.75) is 0 Å². The molecule has 0 aromatic carbocycles. The molecule has 3 N–H and O–H groups in total. The van der Waals surface area contributed by atoms with Gasteiger partial charge in [0, 0.05) is 0 Å². The van der Waals surface area contributed by atoms with Crippen LogP contribution in [-0.2, 0) is 0 Å². The summed E-state index contributed by atoms with van der Waals surface area (Å²) in [5, 5.41) is 0. The van der Waals surface area contributed by atoms with Crippen molar-refractivity contribution in [2.24, 2.45) is 5.84 Å². The second kappa shape index (κ2) is 2.36. The van der Waals surface area contributed by atoms with Gasteiger partial charge in [0.1, 0.15) is 6.33 Å². The number of anilines is 1. The average molecular weight is 128 g/mol. The Morgan fingerprint density at radius 2 is 2.44 bits per heavy atom. The molecule has 1 rings (SSSR count). The van der Waals surface area contributed by atoms with E-state index in [2.05, 4.69) is 15.4 Å². The van der Waals surface area contributed by atoms with Gasteiger partial charge >= 0.3 is 0 Å². The Kier molecular flexibility index (Phi) is 1.55. The molecule has 0 bridgehead atoms. The zero-order valence-electron chi connectivity index (χ0n) is 4.50. The lowest BCUT2D eigenvalue weighted by Crippen LogP contribution is -2.10. The first-order valence-corrected chi connectivity index (χ1v) is 2.26. The van der Waals surface area contributed by atoms with Crippen molar-refractivity contribution in [2.75, 3.05) is 5.43 Å². The molecule has 9 heavy (non-hydrogen) atoms. The molecular weight excluding hydrogens is 123 g/mol. The van der Waals surface area contributed by atoms with Crippen molar-refractivity contribution in [3.8, 4) is 0 Å². The van der Waals surface area contributed by atoms with Crippen LogP contribution in [-0.4, -0.2) is 9.97 Å². The lowest BCUT2D eigenvalue weighted by molar-refractivity contribution is 0.617. The number of nitrogens with two attached hydrogens (primary N) is 1. The summed E-state index contributed by atoms with van der Waals surface area (Å²) in [6.07, 6.45) is 2.24. The highest BCUT2D eigenvalue weighted by Crippen LogP contribution is 2.02. The van der Waals surface area contributed by atoms with Crippen LogP contribution in [0.15, 0.2) is 12.5 Å². The molecule has 0 atom stereocenters. The lowest BCUT2D eigenvalue weighted by atomic mass is 10.6. The van der Waals surface area contributed by atoms with Crippen LogP contribution in [0.2, 0.25) is 0 Å². The van der Waals surface area contributed by atoms with Crippen LogP contribution in [0.5, 0.6) is 0 Å². The van der Waals surface area contributed by atoms with E-state index >= 15 is 0 Å². The third-order valence-electron chi connectivity index (χ3n) is 0.804. The molecule has 1 heterocycles. The van der Waals surface area contributed by atoms with Gasteiger partial charge in [-0.15, -0.1) is 0 Å². The highest BCUT2D eigenvalue weighted by Gasteiger charge is 1.96. The van der Waals surface area contributed by atoms with Gasteiger partial charge in [0.15, 0.2) is 11.6 Å². The number of rotatable bonds is 1. The average Bonchev–Trinajstić information content (AvgIpc) is 1.89. The Bertz CT molecular complexity index is 202. The second-order valence-electron chi connectivity index (χ2n) is 1.36. The van der Waals surface area contributed by atoms with E-state index in [1.165, 1.54) is 6.33 Å². The van der Waals surface area contributed by atoms with E-state index in [4.69, 9.17) is 5.84 Å². The molecule has 48 valence electrons. The minimum absolute atomic E-state index is 0.00463. The van der Waals surface area contributed by atoms with E-state index in [0.717, 1.165) is 6.20 Å². The summed E-state index contributed by atoms with van der Waals surface area (Å²) >= 11 is 0. The van der Waals surface area contributed by atoms with E-state index in [1.54, 1.807) is 0 Å². The fraction of sp³-hybridized carbons (Fsp3) is 0. The van der Waals surface area contributed by atoms with Crippen molar-refractivity contribution in [1.29, 1.82) is 0 Å². The lowest BCUT2D eigenvalue weighted by Gasteiger charge is -1.95. The van der Waals surface area contributed by atoms with Gasteiger partial charge < -0.3 is 5.43 Å². The molecule has 0 aliphatic heterocycles. The van der Waals surface area contributed by atoms with Crippen LogP contribution >= 0.6 is 0 Å². The molecule has 0 amide bonds. The molecule has 5 heteroatoms. The van der Waals surface area contributed by atoms with E-state index < -0.39 is 5.82 Å². The Morgan fingerprint density at radius 3 is 2.89 bits per heavy atom. The van der Waals surface area contributed by atoms with Gasteiger partial charge in [0.2, 0.25) is 0 Å². The summed E-state index contributed by atoms with van der Waals surface area (Å²) in [6.45, 7) is 0. The predicted octanol–water partition coefficient (Wildman–Crippen LogP) is -0.0987. The van der Waals surface area contributed by atoms with Crippen molar-refractivity contribution in [3.63, 3.8) is 0 Å². The highest BCUT2D eigenvalue weighted by molar-refractivity contribution is 5.31. The maximum Gasteiger partial charge on any atom is 0.185 e. The molecule has 0 saturated carbocycles. The summed E-state index contributed by atoms with van der Waals surface area (Å²) in [5.74, 6) is 4.32. The molecule has 1 aromatic heterocycles. The quantitative estimate of drug-likeness (QED) is 0.409.